The number of hydrogen-bond acceptors (Lipinski definition) is 2. The Bertz CT molecular complexity index is 409. The molecule has 2 nitrogen and oxygen atoms in total. The predicted octanol–water partition coefficient (Wildman–Crippen LogP) is 3.74. The van der Waals surface area contributed by atoms with Crippen molar-refractivity contribution in [1.29, 1.82) is 0 Å². The molecule has 108 valence electrons. The maximum atomic E-state index is 6.04. The van der Waals surface area contributed by atoms with Crippen LogP contribution in [-0.4, -0.2) is 24.0 Å². The first kappa shape index (κ1) is 17.0. The van der Waals surface area contributed by atoms with Crippen LogP contribution in [-0.2, 0) is 6.54 Å². The van der Waals surface area contributed by atoms with Crippen molar-refractivity contribution in [2.24, 2.45) is 11.7 Å². The second kappa shape index (κ2) is 7.63. The van der Waals surface area contributed by atoms with Crippen LogP contribution in [0.1, 0.15) is 30.9 Å². The quantitative estimate of drug-likeness (QED) is 0.902. The highest BCUT2D eigenvalue weighted by Gasteiger charge is 2.22. The molecule has 0 radical (unpaired) electrons. The van der Waals surface area contributed by atoms with Gasteiger partial charge in [-0.1, -0.05) is 28.1 Å². The van der Waals surface area contributed by atoms with Gasteiger partial charge in [0.1, 0.15) is 0 Å². The van der Waals surface area contributed by atoms with Crippen molar-refractivity contribution in [3.05, 3.63) is 33.8 Å². The van der Waals surface area contributed by atoms with Crippen LogP contribution in [0.2, 0.25) is 0 Å². The molecule has 0 aromatic heterocycles. The van der Waals surface area contributed by atoms with Crippen LogP contribution in [0.4, 0.5) is 0 Å². The van der Waals surface area contributed by atoms with Crippen LogP contribution in [0.5, 0.6) is 0 Å². The molecular weight excluding hydrogens is 324 g/mol. The average molecular weight is 348 g/mol. The van der Waals surface area contributed by atoms with Gasteiger partial charge in [0.05, 0.1) is 0 Å². The molecule has 1 aliphatic heterocycles. The molecule has 2 unspecified atom stereocenters. The van der Waals surface area contributed by atoms with E-state index in [2.05, 4.69) is 52.9 Å². The van der Waals surface area contributed by atoms with Crippen molar-refractivity contribution in [3.8, 4) is 0 Å². The lowest BCUT2D eigenvalue weighted by molar-refractivity contribution is 0.154. The SMILES string of the molecule is Cc1ccc(CN2CCCC(C(C)N)C2)c(Br)c1.Cl. The Morgan fingerprint density at radius 2 is 2.21 bits per heavy atom. The van der Waals surface area contributed by atoms with E-state index in [9.17, 15) is 0 Å². The van der Waals surface area contributed by atoms with E-state index < -0.39 is 0 Å². The fourth-order valence-electron chi connectivity index (χ4n) is 2.69. The number of nitrogens with zero attached hydrogens (tertiary/aromatic N) is 1. The highest BCUT2D eigenvalue weighted by molar-refractivity contribution is 9.10. The first-order valence-corrected chi connectivity index (χ1v) is 7.58. The largest absolute Gasteiger partial charge is 0.328 e. The molecular formula is C15H24BrClN2. The Kier molecular flexibility index (Phi) is 6.81. The summed E-state index contributed by atoms with van der Waals surface area (Å²) in [5.74, 6) is 0.656. The zero-order chi connectivity index (χ0) is 13.1. The summed E-state index contributed by atoms with van der Waals surface area (Å²) in [5.41, 5.74) is 8.72. The summed E-state index contributed by atoms with van der Waals surface area (Å²) in [6.07, 6.45) is 2.55. The van der Waals surface area contributed by atoms with Crippen LogP contribution >= 0.6 is 28.3 Å². The molecule has 1 aromatic rings. The number of benzene rings is 1. The fourth-order valence-corrected chi connectivity index (χ4v) is 3.30. The molecule has 1 aliphatic rings. The third-order valence-corrected chi connectivity index (χ3v) is 4.63. The van der Waals surface area contributed by atoms with Crippen molar-refractivity contribution < 1.29 is 0 Å². The number of piperidine rings is 1. The maximum Gasteiger partial charge on any atom is 0.0245 e. The van der Waals surface area contributed by atoms with E-state index in [4.69, 9.17) is 5.73 Å². The van der Waals surface area contributed by atoms with Gasteiger partial charge < -0.3 is 5.73 Å². The molecule has 1 heterocycles. The lowest BCUT2D eigenvalue weighted by atomic mass is 9.92. The minimum atomic E-state index is 0. The third-order valence-electron chi connectivity index (χ3n) is 3.89. The van der Waals surface area contributed by atoms with Gasteiger partial charge in [0.2, 0.25) is 0 Å². The van der Waals surface area contributed by atoms with E-state index in [0.29, 0.717) is 12.0 Å². The normalized spacial score (nSPS) is 21.8. The highest BCUT2D eigenvalue weighted by Crippen LogP contribution is 2.24. The van der Waals surface area contributed by atoms with Gasteiger partial charge in [-0.05, 0) is 56.3 Å². The summed E-state index contributed by atoms with van der Waals surface area (Å²) in [6, 6.07) is 6.93. The van der Waals surface area contributed by atoms with Gasteiger partial charge in [0.25, 0.3) is 0 Å². The van der Waals surface area contributed by atoms with Crippen molar-refractivity contribution in [1.82, 2.24) is 4.90 Å². The van der Waals surface area contributed by atoms with E-state index in [1.807, 2.05) is 0 Å². The van der Waals surface area contributed by atoms with E-state index in [1.54, 1.807) is 0 Å². The van der Waals surface area contributed by atoms with Gasteiger partial charge in [-0.15, -0.1) is 12.4 Å². The van der Waals surface area contributed by atoms with Gasteiger partial charge >= 0.3 is 0 Å². The molecule has 0 saturated carbocycles. The van der Waals surface area contributed by atoms with E-state index in [-0.39, 0.29) is 12.4 Å². The minimum absolute atomic E-state index is 0. The summed E-state index contributed by atoms with van der Waals surface area (Å²) in [4.78, 5) is 2.53. The highest BCUT2D eigenvalue weighted by atomic mass is 79.9. The first-order valence-electron chi connectivity index (χ1n) is 6.79. The molecule has 2 N–H and O–H groups in total. The lowest BCUT2D eigenvalue weighted by Gasteiger charge is -2.34. The number of aryl methyl sites for hydroxylation is 1. The number of hydrogen-bond donors (Lipinski definition) is 1. The van der Waals surface area contributed by atoms with Crippen molar-refractivity contribution in [2.45, 2.75) is 39.3 Å². The molecule has 2 rings (SSSR count). The van der Waals surface area contributed by atoms with Crippen molar-refractivity contribution in [2.75, 3.05) is 13.1 Å². The predicted molar refractivity (Wildman–Crippen MR) is 87.8 cm³/mol. The van der Waals surface area contributed by atoms with Gasteiger partial charge in [-0.25, -0.2) is 0 Å². The summed E-state index contributed by atoms with van der Waals surface area (Å²) >= 11 is 3.67. The van der Waals surface area contributed by atoms with Crippen LogP contribution in [0, 0.1) is 12.8 Å². The first-order chi connectivity index (χ1) is 8.56. The smallest absolute Gasteiger partial charge is 0.0245 e. The lowest BCUT2D eigenvalue weighted by Crippen LogP contribution is -2.41. The second-order valence-corrected chi connectivity index (χ2v) is 6.45. The topological polar surface area (TPSA) is 29.3 Å². The summed E-state index contributed by atoms with van der Waals surface area (Å²) in [5, 5.41) is 0. The van der Waals surface area contributed by atoms with Gasteiger partial charge in [0.15, 0.2) is 0 Å². The van der Waals surface area contributed by atoms with Crippen LogP contribution in [0.25, 0.3) is 0 Å². The van der Waals surface area contributed by atoms with Crippen molar-refractivity contribution >= 4 is 28.3 Å². The number of likely N-dealkylation sites (tertiary alicyclic amines) is 1. The van der Waals surface area contributed by atoms with Crippen LogP contribution < -0.4 is 5.73 Å². The maximum absolute atomic E-state index is 6.04. The third kappa shape index (κ3) is 4.75. The molecule has 0 bridgehead atoms. The van der Waals surface area contributed by atoms with E-state index in [1.165, 1.54) is 35.0 Å². The number of rotatable bonds is 3. The summed E-state index contributed by atoms with van der Waals surface area (Å²) < 4.78 is 1.23. The standard InChI is InChI=1S/C15H23BrN2.ClH/c1-11-5-6-14(15(16)8-11)10-18-7-3-4-13(9-18)12(2)17;/h5-6,8,12-13H,3-4,7,9-10,17H2,1-2H3;1H. The van der Waals surface area contributed by atoms with Gasteiger partial charge in [-0.3, -0.25) is 4.90 Å². The summed E-state index contributed by atoms with van der Waals surface area (Å²) in [6.45, 7) is 7.63. The van der Waals surface area contributed by atoms with Crippen LogP contribution in [0.15, 0.2) is 22.7 Å². The Morgan fingerprint density at radius 3 is 2.84 bits per heavy atom. The molecule has 0 amide bonds. The summed E-state index contributed by atoms with van der Waals surface area (Å²) in [7, 11) is 0. The van der Waals surface area contributed by atoms with Gasteiger partial charge in [0, 0.05) is 23.6 Å². The molecule has 1 fully saturated rings. The molecule has 19 heavy (non-hydrogen) atoms. The van der Waals surface area contributed by atoms with Crippen molar-refractivity contribution in [3.63, 3.8) is 0 Å². The van der Waals surface area contributed by atoms with E-state index in [0.717, 1.165) is 13.1 Å². The zero-order valence-electron chi connectivity index (χ0n) is 11.7. The van der Waals surface area contributed by atoms with E-state index >= 15 is 0 Å². The Balaban J connectivity index is 0.00000180. The Labute approximate surface area is 131 Å². The van der Waals surface area contributed by atoms with Crippen LogP contribution in [0.3, 0.4) is 0 Å². The molecule has 1 saturated heterocycles. The minimum Gasteiger partial charge on any atom is -0.328 e. The average Bonchev–Trinajstić information content (AvgIpc) is 2.33. The molecule has 4 heteroatoms. The molecule has 0 aliphatic carbocycles. The Hall–Kier alpha value is -0.0900. The molecule has 1 aromatic carbocycles. The number of nitrogens with two attached hydrogens (primary N) is 1. The Morgan fingerprint density at radius 1 is 1.47 bits per heavy atom. The molecule has 0 spiro atoms. The second-order valence-electron chi connectivity index (χ2n) is 5.59. The molecule has 2 atom stereocenters. The zero-order valence-corrected chi connectivity index (χ0v) is 14.1. The fraction of sp³-hybridized carbons (Fsp3) is 0.600. The number of halogens is 2. The monoisotopic (exact) mass is 346 g/mol. The van der Waals surface area contributed by atoms with Gasteiger partial charge in [-0.2, -0.15) is 0 Å².